The summed E-state index contributed by atoms with van der Waals surface area (Å²) >= 11 is 3.64. The van der Waals surface area contributed by atoms with Crippen molar-refractivity contribution < 1.29 is 19.1 Å². The zero-order chi connectivity index (χ0) is 8.69. The molecule has 0 radical (unpaired) electrons. The quantitative estimate of drug-likeness (QED) is 0.487. The van der Waals surface area contributed by atoms with Crippen molar-refractivity contribution in [1.29, 1.82) is 0 Å². The summed E-state index contributed by atoms with van der Waals surface area (Å²) in [5, 5.41) is 0. The smallest absolute Gasteiger partial charge is 0.344 e. The second kappa shape index (κ2) is 6.03. The zero-order valence-corrected chi connectivity index (χ0v) is 7.10. The molecule has 4 nitrogen and oxygen atoms in total. The molecule has 0 heterocycles. The third-order valence-electron chi connectivity index (χ3n) is 0.785. The van der Waals surface area contributed by atoms with Crippen LogP contribution < -0.4 is 0 Å². The van der Waals surface area contributed by atoms with Gasteiger partial charge in [-0.3, -0.25) is 4.79 Å². The summed E-state index contributed by atoms with van der Waals surface area (Å²) in [5.74, 6) is -1.09. The number of carbonyl (C=O) groups excluding carboxylic acids is 2. The van der Waals surface area contributed by atoms with Crippen molar-refractivity contribution in [3.8, 4) is 0 Å². The Morgan fingerprint density at radius 2 is 1.91 bits per heavy atom. The number of ether oxygens (including phenoxy) is 2. The van der Waals surface area contributed by atoms with Gasteiger partial charge in [0.15, 0.2) is 6.61 Å². The number of rotatable bonds is 4. The first-order valence-corrected chi connectivity index (χ1v) is 3.76. The van der Waals surface area contributed by atoms with Gasteiger partial charge in [0, 0.05) is 0 Å². The highest BCUT2D eigenvalue weighted by Gasteiger charge is 2.04. The minimum atomic E-state index is -0.539. The van der Waals surface area contributed by atoms with Crippen LogP contribution in [0.1, 0.15) is 6.92 Å². The van der Waals surface area contributed by atoms with Gasteiger partial charge in [-0.2, -0.15) is 12.6 Å². The monoisotopic (exact) mass is 178 g/mol. The van der Waals surface area contributed by atoms with E-state index in [1.54, 1.807) is 6.92 Å². The molecule has 0 atom stereocenters. The van der Waals surface area contributed by atoms with Crippen molar-refractivity contribution in [2.24, 2.45) is 0 Å². The summed E-state index contributed by atoms with van der Waals surface area (Å²) in [6, 6.07) is 0. The molecule has 0 saturated heterocycles. The van der Waals surface area contributed by atoms with Crippen LogP contribution in [0.2, 0.25) is 0 Å². The molecule has 0 aromatic carbocycles. The summed E-state index contributed by atoms with van der Waals surface area (Å²) in [6.07, 6.45) is 0. The topological polar surface area (TPSA) is 52.6 Å². The molecule has 0 aliphatic carbocycles. The lowest BCUT2D eigenvalue weighted by atomic mass is 10.7. The van der Waals surface area contributed by atoms with Crippen LogP contribution in [0.5, 0.6) is 0 Å². The van der Waals surface area contributed by atoms with E-state index in [0.717, 1.165) is 0 Å². The van der Waals surface area contributed by atoms with E-state index in [0.29, 0.717) is 0 Å². The van der Waals surface area contributed by atoms with Gasteiger partial charge in [-0.25, -0.2) is 4.79 Å². The molecule has 64 valence electrons. The number of carbonyl (C=O) groups is 2. The molecule has 0 aliphatic rings. The minimum absolute atomic E-state index is 0.0284. The van der Waals surface area contributed by atoms with Crippen molar-refractivity contribution >= 4 is 24.6 Å². The molecule has 0 rings (SSSR count). The van der Waals surface area contributed by atoms with Crippen LogP contribution in [0.3, 0.4) is 0 Å². The molecule has 0 bridgehead atoms. The average Bonchev–Trinajstić information content (AvgIpc) is 2.01. The lowest BCUT2D eigenvalue weighted by molar-refractivity contribution is -0.156. The Morgan fingerprint density at radius 3 is 2.36 bits per heavy atom. The third-order valence-corrected chi connectivity index (χ3v) is 1.04. The Bertz CT molecular complexity index is 146. The highest BCUT2D eigenvalue weighted by molar-refractivity contribution is 7.81. The van der Waals surface area contributed by atoms with Crippen LogP contribution >= 0.6 is 12.6 Å². The first-order valence-electron chi connectivity index (χ1n) is 3.12. The van der Waals surface area contributed by atoms with Gasteiger partial charge in [0.25, 0.3) is 0 Å². The standard InChI is InChI=1S/C6H10O4S/c1-2-9-5(7)3-10-6(8)4-11/h11H,2-4H2,1H3. The van der Waals surface area contributed by atoms with E-state index >= 15 is 0 Å². The number of thiol groups is 1. The second-order valence-corrected chi connectivity index (χ2v) is 1.94. The van der Waals surface area contributed by atoms with E-state index < -0.39 is 11.9 Å². The summed E-state index contributed by atoms with van der Waals surface area (Å²) < 4.78 is 8.91. The summed E-state index contributed by atoms with van der Waals surface area (Å²) in [7, 11) is 0. The molecular weight excluding hydrogens is 168 g/mol. The Kier molecular flexibility index (Phi) is 5.64. The van der Waals surface area contributed by atoms with Crippen molar-refractivity contribution in [3.63, 3.8) is 0 Å². The average molecular weight is 178 g/mol. The number of hydrogen-bond acceptors (Lipinski definition) is 5. The molecule has 5 heteroatoms. The SMILES string of the molecule is CCOC(=O)COC(=O)CS. The fourth-order valence-corrected chi connectivity index (χ4v) is 0.479. The van der Waals surface area contributed by atoms with E-state index in [1.807, 2.05) is 0 Å². The fourth-order valence-electron chi connectivity index (χ4n) is 0.388. The molecule has 0 amide bonds. The molecule has 0 fully saturated rings. The molecular formula is C6H10O4S. The molecule has 0 spiro atoms. The predicted molar refractivity (Wildman–Crippen MR) is 41.4 cm³/mol. The van der Waals surface area contributed by atoms with Gasteiger partial charge in [0.2, 0.25) is 0 Å². The molecule has 11 heavy (non-hydrogen) atoms. The van der Waals surface area contributed by atoms with Gasteiger partial charge < -0.3 is 9.47 Å². The molecule has 0 unspecified atom stereocenters. The Labute approximate surface area is 70.3 Å². The van der Waals surface area contributed by atoms with Crippen molar-refractivity contribution in [2.45, 2.75) is 6.92 Å². The van der Waals surface area contributed by atoms with Crippen molar-refractivity contribution in [2.75, 3.05) is 19.0 Å². The maximum atomic E-state index is 10.5. The maximum absolute atomic E-state index is 10.5. The maximum Gasteiger partial charge on any atom is 0.344 e. The van der Waals surface area contributed by atoms with E-state index in [-0.39, 0.29) is 19.0 Å². The lowest BCUT2D eigenvalue weighted by Crippen LogP contribution is -2.16. The van der Waals surface area contributed by atoms with Crippen LogP contribution in [-0.4, -0.2) is 30.9 Å². The first kappa shape index (κ1) is 10.3. The third kappa shape index (κ3) is 5.72. The van der Waals surface area contributed by atoms with E-state index in [2.05, 4.69) is 22.1 Å². The highest BCUT2D eigenvalue weighted by atomic mass is 32.1. The van der Waals surface area contributed by atoms with E-state index in [9.17, 15) is 9.59 Å². The number of esters is 2. The summed E-state index contributed by atoms with van der Waals surface area (Å²) in [5.41, 5.74) is 0. The largest absolute Gasteiger partial charge is 0.463 e. The van der Waals surface area contributed by atoms with Gasteiger partial charge in [0.1, 0.15) is 0 Å². The minimum Gasteiger partial charge on any atom is -0.463 e. The van der Waals surface area contributed by atoms with Crippen LogP contribution in [-0.2, 0) is 19.1 Å². The van der Waals surface area contributed by atoms with Crippen LogP contribution in [0.4, 0.5) is 0 Å². The van der Waals surface area contributed by atoms with Gasteiger partial charge in [-0.15, -0.1) is 0 Å². The Morgan fingerprint density at radius 1 is 1.27 bits per heavy atom. The van der Waals surface area contributed by atoms with Gasteiger partial charge in [-0.1, -0.05) is 0 Å². The van der Waals surface area contributed by atoms with Crippen LogP contribution in [0.25, 0.3) is 0 Å². The first-order chi connectivity index (χ1) is 5.20. The fraction of sp³-hybridized carbons (Fsp3) is 0.667. The van der Waals surface area contributed by atoms with Crippen molar-refractivity contribution in [1.82, 2.24) is 0 Å². The normalized spacial score (nSPS) is 8.91. The van der Waals surface area contributed by atoms with Gasteiger partial charge in [-0.05, 0) is 6.92 Å². The van der Waals surface area contributed by atoms with Crippen LogP contribution in [0.15, 0.2) is 0 Å². The van der Waals surface area contributed by atoms with Crippen molar-refractivity contribution in [3.05, 3.63) is 0 Å². The Hall–Kier alpha value is -0.710. The van der Waals surface area contributed by atoms with E-state index in [4.69, 9.17) is 0 Å². The van der Waals surface area contributed by atoms with Gasteiger partial charge >= 0.3 is 11.9 Å². The van der Waals surface area contributed by atoms with Gasteiger partial charge in [0.05, 0.1) is 12.4 Å². The molecule has 0 aliphatic heterocycles. The van der Waals surface area contributed by atoms with Crippen LogP contribution in [0, 0.1) is 0 Å². The summed E-state index contributed by atoms with van der Waals surface area (Å²) in [4.78, 5) is 21.0. The number of hydrogen-bond donors (Lipinski definition) is 1. The van der Waals surface area contributed by atoms with E-state index in [1.165, 1.54) is 0 Å². The highest BCUT2D eigenvalue weighted by Crippen LogP contribution is 1.84. The summed E-state index contributed by atoms with van der Waals surface area (Å²) in [6.45, 7) is 1.64. The lowest BCUT2D eigenvalue weighted by Gasteiger charge is -2.01. The molecule has 0 aromatic rings. The predicted octanol–water partition coefficient (Wildman–Crippen LogP) is 0.0225. The molecule has 0 N–H and O–H groups in total. The zero-order valence-electron chi connectivity index (χ0n) is 6.20. The second-order valence-electron chi connectivity index (χ2n) is 1.62. The molecule has 0 aromatic heterocycles. The molecule has 0 saturated carbocycles. The Balaban J connectivity index is 3.38.